The third kappa shape index (κ3) is 5.44. The molecule has 1 amide bonds. The summed E-state index contributed by atoms with van der Waals surface area (Å²) in [7, 11) is 6.70. The number of rotatable bonds is 9. The first-order valence-electron chi connectivity index (χ1n) is 12.0. The van der Waals surface area contributed by atoms with Crippen LogP contribution >= 0.6 is 11.6 Å². The molecule has 0 spiro atoms. The predicted molar refractivity (Wildman–Crippen MR) is 148 cm³/mol. The highest BCUT2D eigenvalue weighted by Gasteiger charge is 2.23. The maximum absolute atomic E-state index is 13.7. The van der Waals surface area contributed by atoms with Crippen molar-refractivity contribution in [3.63, 3.8) is 0 Å². The summed E-state index contributed by atoms with van der Waals surface area (Å²) in [6, 6.07) is 23.2. The van der Waals surface area contributed by atoms with E-state index in [1.165, 1.54) is 0 Å². The molecule has 0 aliphatic carbocycles. The van der Waals surface area contributed by atoms with Crippen LogP contribution in [0.5, 0.6) is 17.2 Å². The van der Waals surface area contributed by atoms with E-state index >= 15 is 0 Å². The summed E-state index contributed by atoms with van der Waals surface area (Å²) in [5, 5.41) is 0.655. The van der Waals surface area contributed by atoms with Crippen molar-refractivity contribution in [3.05, 3.63) is 94.6 Å². The van der Waals surface area contributed by atoms with Crippen molar-refractivity contribution in [2.75, 3.05) is 34.9 Å². The predicted octanol–water partition coefficient (Wildman–Crippen LogP) is 6.45. The highest BCUT2D eigenvalue weighted by Crippen LogP contribution is 2.34. The Bertz CT molecular complexity index is 1400. The van der Waals surface area contributed by atoms with Gasteiger partial charge in [0.05, 0.1) is 38.3 Å². The SMILES string of the molecule is COc1ccc(CCN(C)C(=O)c2cc(-c3ccc(Cl)cc3)n(-c3ccccc3OC)c2C)cc1OC. The fourth-order valence-electron chi connectivity index (χ4n) is 4.42. The zero-order valence-electron chi connectivity index (χ0n) is 21.7. The van der Waals surface area contributed by atoms with E-state index in [-0.39, 0.29) is 5.91 Å². The second-order valence-corrected chi connectivity index (χ2v) is 9.15. The largest absolute Gasteiger partial charge is 0.495 e. The van der Waals surface area contributed by atoms with Gasteiger partial charge in [-0.25, -0.2) is 0 Å². The van der Waals surface area contributed by atoms with E-state index in [0.29, 0.717) is 35.1 Å². The second-order valence-electron chi connectivity index (χ2n) is 8.71. The molecule has 0 aliphatic rings. The monoisotopic (exact) mass is 518 g/mol. The van der Waals surface area contributed by atoms with Gasteiger partial charge in [-0.1, -0.05) is 41.9 Å². The molecule has 7 heteroatoms. The Morgan fingerprint density at radius 1 is 0.865 bits per heavy atom. The highest BCUT2D eigenvalue weighted by molar-refractivity contribution is 6.30. The molecule has 0 saturated heterocycles. The first-order chi connectivity index (χ1) is 17.9. The lowest BCUT2D eigenvalue weighted by Gasteiger charge is -2.18. The smallest absolute Gasteiger partial charge is 0.255 e. The highest BCUT2D eigenvalue weighted by atomic mass is 35.5. The fourth-order valence-corrected chi connectivity index (χ4v) is 4.55. The van der Waals surface area contributed by atoms with Crippen LogP contribution in [0.4, 0.5) is 0 Å². The molecular formula is C30H31ClN2O4. The number of para-hydroxylation sites is 2. The van der Waals surface area contributed by atoms with Gasteiger partial charge in [0.1, 0.15) is 5.75 Å². The van der Waals surface area contributed by atoms with Crippen LogP contribution in [-0.2, 0) is 6.42 Å². The second kappa shape index (κ2) is 11.4. The first-order valence-corrected chi connectivity index (χ1v) is 12.3. The van der Waals surface area contributed by atoms with Gasteiger partial charge in [0.25, 0.3) is 5.91 Å². The topological polar surface area (TPSA) is 52.9 Å². The van der Waals surface area contributed by atoms with Crippen LogP contribution in [-0.4, -0.2) is 50.3 Å². The van der Waals surface area contributed by atoms with E-state index in [9.17, 15) is 4.79 Å². The Balaban J connectivity index is 1.67. The quantitative estimate of drug-likeness (QED) is 0.255. The maximum atomic E-state index is 13.7. The Morgan fingerprint density at radius 2 is 1.54 bits per heavy atom. The van der Waals surface area contributed by atoms with Gasteiger partial charge in [-0.15, -0.1) is 0 Å². The summed E-state index contributed by atoms with van der Waals surface area (Å²) in [4.78, 5) is 15.4. The van der Waals surface area contributed by atoms with Crippen LogP contribution in [0.3, 0.4) is 0 Å². The van der Waals surface area contributed by atoms with Crippen LogP contribution in [0, 0.1) is 6.92 Å². The standard InChI is InChI=1S/C30H31ClN2O4/c1-20-24(30(34)32(2)17-16-21-10-15-28(36-4)29(18-21)37-5)19-26(22-11-13-23(31)14-12-22)33(20)25-8-6-7-9-27(25)35-3/h6-15,18-19H,16-17H2,1-5H3. The normalized spacial score (nSPS) is 10.8. The molecule has 0 aliphatic heterocycles. The molecule has 3 aromatic carbocycles. The van der Waals surface area contributed by atoms with Crippen molar-refractivity contribution >= 4 is 17.5 Å². The molecule has 0 unspecified atom stereocenters. The van der Waals surface area contributed by atoms with Gasteiger partial charge < -0.3 is 23.7 Å². The van der Waals surface area contributed by atoms with Gasteiger partial charge in [0, 0.05) is 24.3 Å². The van der Waals surface area contributed by atoms with E-state index in [0.717, 1.165) is 34.0 Å². The van der Waals surface area contributed by atoms with Crippen LogP contribution in [0.25, 0.3) is 16.9 Å². The van der Waals surface area contributed by atoms with Crippen molar-refractivity contribution in [1.29, 1.82) is 0 Å². The number of hydrogen-bond donors (Lipinski definition) is 0. The minimum atomic E-state index is -0.0539. The average Bonchev–Trinajstić information content (AvgIpc) is 3.27. The lowest BCUT2D eigenvalue weighted by atomic mass is 10.1. The molecule has 37 heavy (non-hydrogen) atoms. The number of amides is 1. The molecule has 4 rings (SSSR count). The van der Waals surface area contributed by atoms with E-state index in [1.807, 2.05) is 86.8 Å². The van der Waals surface area contributed by atoms with Gasteiger partial charge in [-0.05, 0) is 66.9 Å². The first kappa shape index (κ1) is 26.2. The molecule has 1 aromatic heterocycles. The van der Waals surface area contributed by atoms with Crippen molar-refractivity contribution in [1.82, 2.24) is 9.47 Å². The summed E-state index contributed by atoms with van der Waals surface area (Å²) in [6.45, 7) is 2.51. The molecule has 0 N–H and O–H groups in total. The summed E-state index contributed by atoms with van der Waals surface area (Å²) >= 11 is 6.15. The zero-order valence-corrected chi connectivity index (χ0v) is 22.5. The maximum Gasteiger partial charge on any atom is 0.255 e. The number of hydrogen-bond acceptors (Lipinski definition) is 4. The zero-order chi connectivity index (χ0) is 26.5. The van der Waals surface area contributed by atoms with Crippen LogP contribution in [0.2, 0.25) is 5.02 Å². The van der Waals surface area contributed by atoms with E-state index in [1.54, 1.807) is 26.2 Å². The van der Waals surface area contributed by atoms with Gasteiger partial charge >= 0.3 is 0 Å². The Labute approximate surface area is 223 Å². The molecule has 6 nitrogen and oxygen atoms in total. The number of nitrogens with zero attached hydrogens (tertiary/aromatic N) is 2. The van der Waals surface area contributed by atoms with E-state index < -0.39 is 0 Å². The summed E-state index contributed by atoms with van der Waals surface area (Å²) in [6.07, 6.45) is 0.679. The fraction of sp³-hybridized carbons (Fsp3) is 0.233. The average molecular weight is 519 g/mol. The third-order valence-electron chi connectivity index (χ3n) is 6.47. The molecule has 0 fully saturated rings. The van der Waals surface area contributed by atoms with Gasteiger partial charge in [-0.2, -0.15) is 0 Å². The molecule has 1 heterocycles. The number of methoxy groups -OCH3 is 3. The Kier molecular flexibility index (Phi) is 8.09. The number of aromatic nitrogens is 1. The third-order valence-corrected chi connectivity index (χ3v) is 6.73. The number of carbonyl (C=O) groups excluding carboxylic acids is 1. The summed E-state index contributed by atoms with van der Waals surface area (Å²) in [5.74, 6) is 2.02. The van der Waals surface area contributed by atoms with Crippen LogP contribution in [0.1, 0.15) is 21.6 Å². The van der Waals surface area contributed by atoms with E-state index in [4.69, 9.17) is 25.8 Å². The van der Waals surface area contributed by atoms with Crippen molar-refractivity contribution in [3.8, 4) is 34.2 Å². The number of halogens is 1. The molecule has 192 valence electrons. The minimum Gasteiger partial charge on any atom is -0.495 e. The molecule has 0 bridgehead atoms. The number of carbonyl (C=O) groups is 1. The Hall–Kier alpha value is -3.90. The molecular weight excluding hydrogens is 488 g/mol. The summed E-state index contributed by atoms with van der Waals surface area (Å²) < 4.78 is 18.5. The Morgan fingerprint density at radius 3 is 2.22 bits per heavy atom. The molecule has 4 aromatic rings. The number of ether oxygens (including phenoxy) is 3. The lowest BCUT2D eigenvalue weighted by molar-refractivity contribution is 0.0796. The van der Waals surface area contributed by atoms with Crippen LogP contribution in [0.15, 0.2) is 72.8 Å². The van der Waals surface area contributed by atoms with Gasteiger partial charge in [0.2, 0.25) is 0 Å². The van der Waals surface area contributed by atoms with Gasteiger partial charge in [-0.3, -0.25) is 4.79 Å². The summed E-state index contributed by atoms with van der Waals surface area (Å²) in [5.41, 5.74) is 5.21. The molecule has 0 radical (unpaired) electrons. The number of likely N-dealkylation sites (N-methyl/N-ethyl adjacent to an activating group) is 1. The lowest BCUT2D eigenvalue weighted by Crippen LogP contribution is -2.29. The van der Waals surface area contributed by atoms with E-state index in [2.05, 4.69) is 4.57 Å². The van der Waals surface area contributed by atoms with Crippen molar-refractivity contribution < 1.29 is 19.0 Å². The molecule has 0 atom stereocenters. The van der Waals surface area contributed by atoms with Gasteiger partial charge in [0.15, 0.2) is 11.5 Å². The molecule has 0 saturated carbocycles. The number of benzene rings is 3. The van der Waals surface area contributed by atoms with Crippen molar-refractivity contribution in [2.24, 2.45) is 0 Å². The minimum absolute atomic E-state index is 0.0539. The van der Waals surface area contributed by atoms with Crippen molar-refractivity contribution in [2.45, 2.75) is 13.3 Å². The van der Waals surface area contributed by atoms with Crippen LogP contribution < -0.4 is 14.2 Å².